The van der Waals surface area contributed by atoms with E-state index in [1.54, 1.807) is 18.2 Å². The third-order valence-electron chi connectivity index (χ3n) is 2.87. The van der Waals surface area contributed by atoms with E-state index in [0.717, 1.165) is 6.42 Å². The molecule has 1 heterocycles. The van der Waals surface area contributed by atoms with Crippen molar-refractivity contribution in [3.63, 3.8) is 0 Å². The number of aliphatic hydroxyl groups is 1. The van der Waals surface area contributed by atoms with E-state index >= 15 is 0 Å². The highest BCUT2D eigenvalue weighted by Gasteiger charge is 2.17. The normalized spacial score (nSPS) is 14.2. The molecule has 1 aromatic carbocycles. The Morgan fingerprint density at radius 3 is 3.00 bits per heavy atom. The fourth-order valence-electron chi connectivity index (χ4n) is 1.83. The third-order valence-corrected chi connectivity index (χ3v) is 2.87. The minimum atomic E-state index is -0.705. The summed E-state index contributed by atoms with van der Waals surface area (Å²) in [4.78, 5) is 11.3. The van der Waals surface area contributed by atoms with E-state index in [4.69, 9.17) is 14.2 Å². The van der Waals surface area contributed by atoms with Crippen LogP contribution in [0.1, 0.15) is 37.9 Å². The molecule has 0 saturated carbocycles. The number of rotatable bonds is 6. The van der Waals surface area contributed by atoms with Gasteiger partial charge in [0.1, 0.15) is 0 Å². The molecule has 0 bridgehead atoms. The van der Waals surface area contributed by atoms with E-state index in [0.29, 0.717) is 30.1 Å². The molecule has 1 unspecified atom stereocenters. The molecule has 5 heteroatoms. The third kappa shape index (κ3) is 3.61. The maximum atomic E-state index is 11.3. The van der Waals surface area contributed by atoms with Gasteiger partial charge in [-0.15, -0.1) is 0 Å². The highest BCUT2D eigenvalue weighted by Crippen LogP contribution is 2.34. The van der Waals surface area contributed by atoms with Gasteiger partial charge in [0.15, 0.2) is 11.5 Å². The van der Waals surface area contributed by atoms with Crippen LogP contribution in [0.3, 0.4) is 0 Å². The molecule has 1 aliphatic rings. The van der Waals surface area contributed by atoms with Crippen LogP contribution in [-0.2, 0) is 9.53 Å². The summed E-state index contributed by atoms with van der Waals surface area (Å²) in [6, 6.07) is 5.27. The number of ether oxygens (including phenoxy) is 3. The monoisotopic (exact) mass is 266 g/mol. The van der Waals surface area contributed by atoms with Crippen LogP contribution in [0.15, 0.2) is 18.2 Å². The van der Waals surface area contributed by atoms with Crippen molar-refractivity contribution in [2.24, 2.45) is 0 Å². The smallest absolute Gasteiger partial charge is 0.305 e. The van der Waals surface area contributed by atoms with E-state index in [1.807, 2.05) is 6.92 Å². The average molecular weight is 266 g/mol. The largest absolute Gasteiger partial charge is 0.466 e. The standard InChI is InChI=1S/C14H18O5/c1-2-7-17-14(16)6-4-11(15)10-3-5-12-13(8-10)19-9-18-12/h3,5,8,11,15H,2,4,6-7,9H2,1H3. The molecule has 1 atom stereocenters. The van der Waals surface area contributed by atoms with Crippen molar-refractivity contribution >= 4 is 5.97 Å². The quantitative estimate of drug-likeness (QED) is 0.799. The van der Waals surface area contributed by atoms with Crippen molar-refractivity contribution in [3.8, 4) is 11.5 Å². The van der Waals surface area contributed by atoms with Gasteiger partial charge in [-0.05, 0) is 30.5 Å². The Morgan fingerprint density at radius 1 is 1.42 bits per heavy atom. The van der Waals surface area contributed by atoms with Gasteiger partial charge < -0.3 is 19.3 Å². The number of carbonyl (C=O) groups is 1. The van der Waals surface area contributed by atoms with Crippen LogP contribution < -0.4 is 9.47 Å². The average Bonchev–Trinajstić information content (AvgIpc) is 2.89. The van der Waals surface area contributed by atoms with Crippen LogP contribution in [0.4, 0.5) is 0 Å². The summed E-state index contributed by atoms with van der Waals surface area (Å²) in [5.74, 6) is 1.03. The van der Waals surface area contributed by atoms with Crippen molar-refractivity contribution in [1.29, 1.82) is 0 Å². The predicted octanol–water partition coefficient (Wildman–Crippen LogP) is 2.18. The van der Waals surface area contributed by atoms with Crippen molar-refractivity contribution in [2.75, 3.05) is 13.4 Å². The molecule has 1 aromatic rings. The maximum absolute atomic E-state index is 11.3. The Bertz CT molecular complexity index is 443. The minimum Gasteiger partial charge on any atom is -0.466 e. The Balaban J connectivity index is 1.86. The molecule has 0 aromatic heterocycles. The van der Waals surface area contributed by atoms with Crippen LogP contribution >= 0.6 is 0 Å². The second-order valence-corrected chi connectivity index (χ2v) is 4.39. The number of aliphatic hydroxyl groups excluding tert-OH is 1. The van der Waals surface area contributed by atoms with E-state index in [1.165, 1.54) is 0 Å². The lowest BCUT2D eigenvalue weighted by Crippen LogP contribution is -2.08. The minimum absolute atomic E-state index is 0.204. The maximum Gasteiger partial charge on any atom is 0.305 e. The molecule has 0 amide bonds. The molecule has 2 rings (SSSR count). The first-order chi connectivity index (χ1) is 9.20. The lowest BCUT2D eigenvalue weighted by atomic mass is 10.0. The van der Waals surface area contributed by atoms with Gasteiger partial charge >= 0.3 is 5.97 Å². The van der Waals surface area contributed by atoms with Gasteiger partial charge in [0.2, 0.25) is 6.79 Å². The van der Waals surface area contributed by atoms with E-state index in [9.17, 15) is 9.90 Å². The Kier molecular flexibility index (Phi) is 4.63. The first-order valence-corrected chi connectivity index (χ1v) is 6.44. The molecule has 104 valence electrons. The second-order valence-electron chi connectivity index (χ2n) is 4.39. The van der Waals surface area contributed by atoms with Gasteiger partial charge in [0, 0.05) is 6.42 Å². The molecule has 5 nitrogen and oxygen atoms in total. The lowest BCUT2D eigenvalue weighted by molar-refractivity contribution is -0.144. The van der Waals surface area contributed by atoms with Gasteiger partial charge in [0.05, 0.1) is 12.7 Å². The molecule has 0 radical (unpaired) electrons. The number of hydrogen-bond acceptors (Lipinski definition) is 5. The fourth-order valence-corrected chi connectivity index (χ4v) is 1.83. The Labute approximate surface area is 112 Å². The number of hydrogen-bond donors (Lipinski definition) is 1. The first kappa shape index (κ1) is 13.7. The topological polar surface area (TPSA) is 65.0 Å². The van der Waals surface area contributed by atoms with Crippen LogP contribution in [0.2, 0.25) is 0 Å². The fraction of sp³-hybridized carbons (Fsp3) is 0.500. The zero-order valence-electron chi connectivity index (χ0n) is 10.9. The summed E-state index contributed by atoms with van der Waals surface area (Å²) >= 11 is 0. The van der Waals surface area contributed by atoms with Gasteiger partial charge in [-0.2, -0.15) is 0 Å². The summed E-state index contributed by atoms with van der Waals surface area (Å²) in [7, 11) is 0. The summed E-state index contributed by atoms with van der Waals surface area (Å²) in [6.45, 7) is 2.58. The zero-order valence-corrected chi connectivity index (χ0v) is 10.9. The molecular weight excluding hydrogens is 248 g/mol. The van der Waals surface area contributed by atoms with Crippen molar-refractivity contribution in [3.05, 3.63) is 23.8 Å². The molecule has 0 spiro atoms. The van der Waals surface area contributed by atoms with Crippen molar-refractivity contribution in [2.45, 2.75) is 32.3 Å². The molecular formula is C14H18O5. The molecule has 1 aliphatic heterocycles. The van der Waals surface area contributed by atoms with Gasteiger partial charge in [-0.25, -0.2) is 0 Å². The van der Waals surface area contributed by atoms with Gasteiger partial charge in [-0.1, -0.05) is 13.0 Å². The van der Waals surface area contributed by atoms with Gasteiger partial charge in [0.25, 0.3) is 0 Å². The highest BCUT2D eigenvalue weighted by molar-refractivity contribution is 5.69. The summed E-state index contributed by atoms with van der Waals surface area (Å²) in [5.41, 5.74) is 0.715. The summed E-state index contributed by atoms with van der Waals surface area (Å²) in [5, 5.41) is 10.0. The van der Waals surface area contributed by atoms with E-state index in [2.05, 4.69) is 0 Å². The molecule has 19 heavy (non-hydrogen) atoms. The molecule has 0 aliphatic carbocycles. The van der Waals surface area contributed by atoms with Crippen molar-refractivity contribution < 1.29 is 24.1 Å². The van der Waals surface area contributed by atoms with Gasteiger partial charge in [-0.3, -0.25) is 4.79 Å². The van der Waals surface area contributed by atoms with Crippen molar-refractivity contribution in [1.82, 2.24) is 0 Å². The number of fused-ring (bicyclic) bond motifs is 1. The molecule has 0 saturated heterocycles. The predicted molar refractivity (Wildman–Crippen MR) is 68.0 cm³/mol. The summed E-state index contributed by atoms with van der Waals surface area (Å²) < 4.78 is 15.4. The molecule has 0 fully saturated rings. The zero-order chi connectivity index (χ0) is 13.7. The van der Waals surface area contributed by atoms with Crippen LogP contribution in [-0.4, -0.2) is 24.5 Å². The lowest BCUT2D eigenvalue weighted by Gasteiger charge is -2.11. The summed E-state index contributed by atoms with van der Waals surface area (Å²) in [6.07, 6.45) is 0.637. The number of esters is 1. The molecule has 1 N–H and O–H groups in total. The Hall–Kier alpha value is -1.75. The first-order valence-electron chi connectivity index (χ1n) is 6.44. The number of carbonyl (C=O) groups excluding carboxylic acids is 1. The Morgan fingerprint density at radius 2 is 2.21 bits per heavy atom. The van der Waals surface area contributed by atoms with Crippen LogP contribution in [0.25, 0.3) is 0 Å². The SMILES string of the molecule is CCCOC(=O)CCC(O)c1ccc2c(c1)OCO2. The van der Waals surface area contributed by atoms with Crippen LogP contribution in [0.5, 0.6) is 11.5 Å². The van der Waals surface area contributed by atoms with Crippen LogP contribution in [0, 0.1) is 0 Å². The highest BCUT2D eigenvalue weighted by atomic mass is 16.7. The van der Waals surface area contributed by atoms with E-state index < -0.39 is 6.10 Å². The second kappa shape index (κ2) is 6.43. The van der Waals surface area contributed by atoms with E-state index in [-0.39, 0.29) is 19.2 Å². The number of benzene rings is 1.